The third kappa shape index (κ3) is 3.94. The van der Waals surface area contributed by atoms with Crippen LogP contribution in [0.5, 0.6) is 0 Å². The van der Waals surface area contributed by atoms with Crippen LogP contribution >= 0.6 is 11.3 Å². The maximum atomic E-state index is 13.1. The first kappa shape index (κ1) is 17.3. The maximum Gasteiger partial charge on any atom is 0.267 e. The van der Waals surface area contributed by atoms with Crippen molar-refractivity contribution in [1.82, 2.24) is 4.98 Å². The molecular weight excluding hydrogens is 335 g/mol. The number of halogens is 1. The topological polar surface area (TPSA) is 42.0 Å². The number of benzene rings is 2. The van der Waals surface area contributed by atoms with Crippen LogP contribution in [0.2, 0.25) is 0 Å². The Labute approximate surface area is 150 Å². The second kappa shape index (κ2) is 7.15. The highest BCUT2D eigenvalue weighted by Crippen LogP contribution is 2.29. The number of hydrogen-bond donors (Lipinski definition) is 1. The van der Waals surface area contributed by atoms with E-state index in [0.29, 0.717) is 21.5 Å². The van der Waals surface area contributed by atoms with Gasteiger partial charge in [-0.1, -0.05) is 26.0 Å². The molecular formula is C20H19FN2OS. The van der Waals surface area contributed by atoms with Crippen molar-refractivity contribution in [3.8, 4) is 10.6 Å². The smallest absolute Gasteiger partial charge is 0.267 e. The van der Waals surface area contributed by atoms with Crippen molar-refractivity contribution < 1.29 is 9.18 Å². The largest absolute Gasteiger partial charge is 0.321 e. The molecule has 0 unspecified atom stereocenters. The standard InChI is InChI=1S/C20H19FN2OS/c1-12(2)14-6-10-17(11-7-14)23-19(24)18-13(3)22-20(25-18)15-4-8-16(21)9-5-15/h4-12H,1-3H3,(H,23,24). The number of nitrogens with zero attached hydrogens (tertiary/aromatic N) is 1. The summed E-state index contributed by atoms with van der Waals surface area (Å²) in [6.07, 6.45) is 0. The maximum absolute atomic E-state index is 13.1. The van der Waals surface area contributed by atoms with Crippen molar-refractivity contribution in [1.29, 1.82) is 0 Å². The van der Waals surface area contributed by atoms with Gasteiger partial charge in [0, 0.05) is 11.3 Å². The zero-order valence-electron chi connectivity index (χ0n) is 14.3. The molecule has 5 heteroatoms. The predicted molar refractivity (Wildman–Crippen MR) is 101 cm³/mol. The van der Waals surface area contributed by atoms with E-state index in [1.165, 1.54) is 29.0 Å². The Hall–Kier alpha value is -2.53. The average molecular weight is 354 g/mol. The number of anilines is 1. The summed E-state index contributed by atoms with van der Waals surface area (Å²) in [6, 6.07) is 14.0. The van der Waals surface area contributed by atoms with Gasteiger partial charge in [0.1, 0.15) is 15.7 Å². The zero-order valence-corrected chi connectivity index (χ0v) is 15.2. The number of aromatic nitrogens is 1. The van der Waals surface area contributed by atoms with Gasteiger partial charge in [0.25, 0.3) is 5.91 Å². The van der Waals surface area contributed by atoms with E-state index >= 15 is 0 Å². The summed E-state index contributed by atoms with van der Waals surface area (Å²) in [7, 11) is 0. The Morgan fingerprint density at radius 1 is 1.08 bits per heavy atom. The van der Waals surface area contributed by atoms with Crippen LogP contribution in [0.25, 0.3) is 10.6 Å². The first-order valence-corrected chi connectivity index (χ1v) is 8.90. The van der Waals surface area contributed by atoms with Crippen LogP contribution in [0.3, 0.4) is 0 Å². The Balaban J connectivity index is 1.79. The Kier molecular flexibility index (Phi) is 4.95. The summed E-state index contributed by atoms with van der Waals surface area (Å²) in [6.45, 7) is 6.07. The fraction of sp³-hybridized carbons (Fsp3) is 0.200. The molecule has 0 saturated heterocycles. The second-order valence-electron chi connectivity index (χ2n) is 6.17. The zero-order chi connectivity index (χ0) is 18.0. The molecule has 3 aromatic rings. The normalized spacial score (nSPS) is 10.9. The average Bonchev–Trinajstić information content (AvgIpc) is 2.98. The molecule has 0 fully saturated rings. The summed E-state index contributed by atoms with van der Waals surface area (Å²) in [5, 5.41) is 3.62. The predicted octanol–water partition coefficient (Wildman–Crippen LogP) is 5.63. The van der Waals surface area contributed by atoms with Crippen molar-refractivity contribution >= 4 is 22.9 Å². The number of thiazole rings is 1. The van der Waals surface area contributed by atoms with Gasteiger partial charge in [0.15, 0.2) is 0 Å². The molecule has 3 nitrogen and oxygen atoms in total. The minimum absolute atomic E-state index is 0.180. The molecule has 0 spiro atoms. The number of amides is 1. The monoisotopic (exact) mass is 354 g/mol. The lowest BCUT2D eigenvalue weighted by Gasteiger charge is -2.08. The van der Waals surface area contributed by atoms with Crippen molar-refractivity contribution in [2.75, 3.05) is 5.32 Å². The molecule has 3 rings (SSSR count). The van der Waals surface area contributed by atoms with E-state index in [9.17, 15) is 9.18 Å². The fourth-order valence-electron chi connectivity index (χ4n) is 2.46. The van der Waals surface area contributed by atoms with E-state index in [4.69, 9.17) is 0 Å². The van der Waals surface area contributed by atoms with Gasteiger partial charge >= 0.3 is 0 Å². The summed E-state index contributed by atoms with van der Waals surface area (Å²) < 4.78 is 13.1. The molecule has 25 heavy (non-hydrogen) atoms. The van der Waals surface area contributed by atoms with Crippen LogP contribution in [-0.2, 0) is 0 Å². The molecule has 0 aliphatic heterocycles. The molecule has 0 bridgehead atoms. The third-order valence-electron chi connectivity index (χ3n) is 3.93. The van der Waals surface area contributed by atoms with E-state index in [1.807, 2.05) is 24.3 Å². The fourth-order valence-corrected chi connectivity index (χ4v) is 3.43. The molecule has 1 heterocycles. The molecule has 128 valence electrons. The summed E-state index contributed by atoms with van der Waals surface area (Å²) in [5.74, 6) is -0.0211. The first-order chi connectivity index (χ1) is 11.9. The van der Waals surface area contributed by atoms with Gasteiger partial charge in [-0.3, -0.25) is 4.79 Å². The molecule has 0 saturated carbocycles. The molecule has 1 amide bonds. The van der Waals surface area contributed by atoms with Crippen molar-refractivity contribution in [3.63, 3.8) is 0 Å². The number of aryl methyl sites for hydroxylation is 1. The van der Waals surface area contributed by atoms with Crippen molar-refractivity contribution in [3.05, 3.63) is 70.5 Å². The van der Waals surface area contributed by atoms with E-state index in [2.05, 4.69) is 24.1 Å². The number of carbonyl (C=O) groups excluding carboxylic acids is 1. The lowest BCUT2D eigenvalue weighted by molar-refractivity contribution is 0.103. The Bertz CT molecular complexity index is 883. The van der Waals surface area contributed by atoms with Crippen LogP contribution in [0, 0.1) is 12.7 Å². The van der Waals surface area contributed by atoms with E-state index in [1.54, 1.807) is 19.1 Å². The number of hydrogen-bond acceptors (Lipinski definition) is 3. The molecule has 0 radical (unpaired) electrons. The van der Waals surface area contributed by atoms with E-state index in [-0.39, 0.29) is 11.7 Å². The molecule has 0 aliphatic rings. The van der Waals surface area contributed by atoms with Gasteiger partial charge in [-0.15, -0.1) is 11.3 Å². The van der Waals surface area contributed by atoms with E-state index in [0.717, 1.165) is 11.3 Å². The highest BCUT2D eigenvalue weighted by Gasteiger charge is 2.16. The van der Waals surface area contributed by atoms with Gasteiger partial charge in [0.05, 0.1) is 5.69 Å². The minimum Gasteiger partial charge on any atom is -0.321 e. The summed E-state index contributed by atoms with van der Waals surface area (Å²) in [5.41, 5.74) is 3.45. The van der Waals surface area contributed by atoms with Crippen molar-refractivity contribution in [2.45, 2.75) is 26.7 Å². The minimum atomic E-state index is -0.292. The number of rotatable bonds is 4. The van der Waals surface area contributed by atoms with Crippen molar-refractivity contribution in [2.24, 2.45) is 0 Å². The Morgan fingerprint density at radius 2 is 1.72 bits per heavy atom. The van der Waals surface area contributed by atoms with Gasteiger partial charge in [-0.05, 0) is 54.8 Å². The van der Waals surface area contributed by atoms with Crippen LogP contribution in [0.15, 0.2) is 48.5 Å². The third-order valence-corrected chi connectivity index (χ3v) is 5.13. The van der Waals surface area contributed by atoms with Gasteiger partial charge in [0.2, 0.25) is 0 Å². The van der Waals surface area contributed by atoms with Gasteiger partial charge in [-0.25, -0.2) is 9.37 Å². The van der Waals surface area contributed by atoms with Crippen LogP contribution in [0.4, 0.5) is 10.1 Å². The summed E-state index contributed by atoms with van der Waals surface area (Å²) >= 11 is 1.31. The quantitative estimate of drug-likeness (QED) is 0.659. The number of carbonyl (C=O) groups is 1. The van der Waals surface area contributed by atoms with Crippen LogP contribution in [0.1, 0.15) is 40.7 Å². The lowest BCUT2D eigenvalue weighted by atomic mass is 10.0. The molecule has 1 N–H and O–H groups in total. The molecule has 0 atom stereocenters. The second-order valence-corrected chi connectivity index (χ2v) is 7.17. The lowest BCUT2D eigenvalue weighted by Crippen LogP contribution is -2.11. The first-order valence-electron chi connectivity index (χ1n) is 8.08. The molecule has 1 aromatic heterocycles. The molecule has 2 aromatic carbocycles. The SMILES string of the molecule is Cc1nc(-c2ccc(F)cc2)sc1C(=O)Nc1ccc(C(C)C)cc1. The number of nitrogens with one attached hydrogen (secondary N) is 1. The van der Waals surface area contributed by atoms with Crippen LogP contribution < -0.4 is 5.32 Å². The van der Waals surface area contributed by atoms with Gasteiger partial charge in [-0.2, -0.15) is 0 Å². The van der Waals surface area contributed by atoms with Crippen LogP contribution in [-0.4, -0.2) is 10.9 Å². The van der Waals surface area contributed by atoms with Gasteiger partial charge < -0.3 is 5.32 Å². The molecule has 0 aliphatic carbocycles. The Morgan fingerprint density at radius 3 is 2.32 bits per heavy atom. The highest BCUT2D eigenvalue weighted by atomic mass is 32.1. The summed E-state index contributed by atoms with van der Waals surface area (Å²) in [4.78, 5) is 17.6. The van der Waals surface area contributed by atoms with E-state index < -0.39 is 0 Å². The highest BCUT2D eigenvalue weighted by molar-refractivity contribution is 7.17.